The van der Waals surface area contributed by atoms with E-state index in [1.165, 1.54) is 16.7 Å². The first kappa shape index (κ1) is 13.2. The third-order valence-electron chi connectivity index (χ3n) is 4.82. The molecule has 1 aliphatic heterocycles. The first-order valence-corrected chi connectivity index (χ1v) is 7.56. The minimum absolute atomic E-state index is 0.101. The van der Waals surface area contributed by atoms with E-state index < -0.39 is 0 Å². The summed E-state index contributed by atoms with van der Waals surface area (Å²) >= 11 is 0. The van der Waals surface area contributed by atoms with Crippen LogP contribution in [0.3, 0.4) is 0 Å². The molecule has 1 aromatic carbocycles. The number of nitrogens with two attached hydrogens (primary N) is 1. The van der Waals surface area contributed by atoms with Gasteiger partial charge in [-0.1, -0.05) is 18.2 Å². The number of fused-ring (bicyclic) bond motifs is 1. The largest absolute Gasteiger partial charge is 0.456 e. The number of ether oxygens (including phenoxy) is 1. The van der Waals surface area contributed by atoms with Gasteiger partial charge >= 0.3 is 0 Å². The van der Waals surface area contributed by atoms with Crippen LogP contribution in [0.15, 0.2) is 41.9 Å². The fourth-order valence-corrected chi connectivity index (χ4v) is 3.62. The van der Waals surface area contributed by atoms with Gasteiger partial charge in [-0.15, -0.1) is 0 Å². The van der Waals surface area contributed by atoms with E-state index in [4.69, 9.17) is 10.5 Å². The lowest BCUT2D eigenvalue weighted by atomic mass is 9.75. The zero-order valence-corrected chi connectivity index (χ0v) is 12.5. The van der Waals surface area contributed by atoms with Gasteiger partial charge in [0.15, 0.2) is 0 Å². The molecular formula is C17H18N4O. The molecule has 5 nitrogen and oxygen atoms in total. The van der Waals surface area contributed by atoms with Crippen molar-refractivity contribution in [1.29, 1.82) is 0 Å². The smallest absolute Gasteiger partial charge is 0.282 e. The number of rotatable bonds is 1. The number of hydrogen-bond acceptors (Lipinski definition) is 5. The molecule has 2 heterocycles. The number of benzene rings is 1. The lowest BCUT2D eigenvalue weighted by molar-refractivity contribution is 0.0448. The summed E-state index contributed by atoms with van der Waals surface area (Å²) in [6.45, 7) is 2.08. The lowest BCUT2D eigenvalue weighted by Crippen LogP contribution is -2.45. The molecule has 5 heteroatoms. The Morgan fingerprint density at radius 2 is 2.09 bits per heavy atom. The van der Waals surface area contributed by atoms with Crippen molar-refractivity contribution in [3.05, 3.63) is 48.0 Å². The SMILES string of the molecule is C[C@H]1N=C(N)OC12CCc1c(cccc1-c1cncnc1)C2. The van der Waals surface area contributed by atoms with Crippen molar-refractivity contribution in [2.24, 2.45) is 10.7 Å². The van der Waals surface area contributed by atoms with Crippen LogP contribution in [0.5, 0.6) is 0 Å². The molecule has 1 aromatic heterocycles. The van der Waals surface area contributed by atoms with Gasteiger partial charge in [-0.25, -0.2) is 15.0 Å². The number of amidine groups is 1. The molecule has 0 saturated heterocycles. The average Bonchev–Trinajstić information content (AvgIpc) is 2.80. The van der Waals surface area contributed by atoms with Crippen molar-refractivity contribution in [2.75, 3.05) is 0 Å². The van der Waals surface area contributed by atoms with Gasteiger partial charge in [-0.05, 0) is 36.5 Å². The van der Waals surface area contributed by atoms with E-state index in [0.717, 1.165) is 24.8 Å². The lowest BCUT2D eigenvalue weighted by Gasteiger charge is -2.37. The third kappa shape index (κ3) is 1.96. The highest BCUT2D eigenvalue weighted by Crippen LogP contribution is 2.41. The molecule has 2 atom stereocenters. The molecule has 1 spiro atoms. The van der Waals surface area contributed by atoms with Crippen LogP contribution >= 0.6 is 0 Å². The van der Waals surface area contributed by atoms with Gasteiger partial charge in [0.25, 0.3) is 6.02 Å². The standard InChI is InChI=1S/C17H18N4O/c1-11-17(22-16(18)21-11)6-5-15-12(7-17)3-2-4-14(15)13-8-19-10-20-9-13/h2-4,8-11H,5-7H2,1H3,(H2,18,21)/t11-,17?/m1/s1. The first-order valence-electron chi connectivity index (χ1n) is 7.56. The van der Waals surface area contributed by atoms with Crippen molar-refractivity contribution in [3.8, 4) is 11.1 Å². The monoisotopic (exact) mass is 294 g/mol. The van der Waals surface area contributed by atoms with E-state index in [2.05, 4.69) is 40.1 Å². The highest BCUT2D eigenvalue weighted by atomic mass is 16.5. The second kappa shape index (κ2) is 4.80. The van der Waals surface area contributed by atoms with Crippen LogP contribution in [0.25, 0.3) is 11.1 Å². The van der Waals surface area contributed by atoms with E-state index in [-0.39, 0.29) is 11.6 Å². The normalized spacial score (nSPS) is 26.4. The summed E-state index contributed by atoms with van der Waals surface area (Å²) in [5.41, 5.74) is 10.5. The summed E-state index contributed by atoms with van der Waals surface area (Å²) < 4.78 is 5.91. The molecule has 0 fully saturated rings. The first-order chi connectivity index (χ1) is 10.7. The van der Waals surface area contributed by atoms with E-state index >= 15 is 0 Å². The van der Waals surface area contributed by atoms with Gasteiger partial charge in [0.05, 0.1) is 6.04 Å². The quantitative estimate of drug-likeness (QED) is 0.874. The third-order valence-corrected chi connectivity index (χ3v) is 4.82. The molecule has 22 heavy (non-hydrogen) atoms. The summed E-state index contributed by atoms with van der Waals surface area (Å²) in [6.07, 6.45) is 8.01. The number of aliphatic imine (C=N–C) groups is 1. The minimum Gasteiger partial charge on any atom is -0.456 e. The molecule has 2 aromatic rings. The van der Waals surface area contributed by atoms with Crippen molar-refractivity contribution in [1.82, 2.24) is 9.97 Å². The van der Waals surface area contributed by atoms with Crippen LogP contribution in [0, 0.1) is 0 Å². The van der Waals surface area contributed by atoms with E-state index in [1.54, 1.807) is 6.33 Å². The van der Waals surface area contributed by atoms with Crippen LogP contribution < -0.4 is 5.73 Å². The second-order valence-electron chi connectivity index (χ2n) is 6.06. The molecule has 1 aliphatic carbocycles. The Labute approximate surface area is 129 Å². The fraction of sp³-hybridized carbons (Fsp3) is 0.353. The van der Waals surface area contributed by atoms with Crippen molar-refractivity contribution in [3.63, 3.8) is 0 Å². The highest BCUT2D eigenvalue weighted by molar-refractivity contribution is 5.75. The van der Waals surface area contributed by atoms with Crippen LogP contribution in [-0.2, 0) is 17.6 Å². The number of hydrogen-bond donors (Lipinski definition) is 1. The molecule has 4 rings (SSSR count). The summed E-state index contributed by atoms with van der Waals surface area (Å²) in [4.78, 5) is 12.6. The predicted molar refractivity (Wildman–Crippen MR) is 84.4 cm³/mol. The molecule has 0 radical (unpaired) electrons. The van der Waals surface area contributed by atoms with Gasteiger partial charge in [-0.2, -0.15) is 0 Å². The van der Waals surface area contributed by atoms with Crippen LogP contribution in [0.1, 0.15) is 24.5 Å². The number of aromatic nitrogens is 2. The maximum Gasteiger partial charge on any atom is 0.282 e. The minimum atomic E-state index is -0.275. The van der Waals surface area contributed by atoms with E-state index in [9.17, 15) is 0 Å². The Morgan fingerprint density at radius 3 is 2.82 bits per heavy atom. The summed E-state index contributed by atoms with van der Waals surface area (Å²) in [6, 6.07) is 6.82. The maximum atomic E-state index is 5.91. The molecule has 0 amide bonds. The zero-order valence-electron chi connectivity index (χ0n) is 12.5. The van der Waals surface area contributed by atoms with Crippen molar-refractivity contribution >= 4 is 6.02 Å². The van der Waals surface area contributed by atoms with Gasteiger partial charge in [0.1, 0.15) is 11.9 Å². The molecule has 0 bridgehead atoms. The predicted octanol–water partition coefficient (Wildman–Crippen LogP) is 2.10. The molecule has 2 aliphatic rings. The molecule has 2 N–H and O–H groups in total. The maximum absolute atomic E-state index is 5.91. The molecular weight excluding hydrogens is 276 g/mol. The van der Waals surface area contributed by atoms with Gasteiger partial charge in [-0.3, -0.25) is 0 Å². The number of nitrogens with zero attached hydrogens (tertiary/aromatic N) is 3. The molecule has 0 saturated carbocycles. The topological polar surface area (TPSA) is 73.4 Å². The molecule has 1 unspecified atom stereocenters. The fourth-order valence-electron chi connectivity index (χ4n) is 3.62. The summed E-state index contributed by atoms with van der Waals surface area (Å²) in [5, 5.41) is 0. The Balaban J connectivity index is 1.74. The van der Waals surface area contributed by atoms with E-state index in [0.29, 0.717) is 6.02 Å². The Hall–Kier alpha value is -2.43. The van der Waals surface area contributed by atoms with E-state index in [1.807, 2.05) is 12.4 Å². The summed E-state index contributed by atoms with van der Waals surface area (Å²) in [7, 11) is 0. The highest BCUT2D eigenvalue weighted by Gasteiger charge is 2.46. The van der Waals surface area contributed by atoms with Crippen molar-refractivity contribution < 1.29 is 4.74 Å². The second-order valence-corrected chi connectivity index (χ2v) is 6.06. The van der Waals surface area contributed by atoms with Crippen LogP contribution in [0.4, 0.5) is 0 Å². The van der Waals surface area contributed by atoms with Crippen LogP contribution in [0.2, 0.25) is 0 Å². The average molecular weight is 294 g/mol. The molecule has 112 valence electrons. The Morgan fingerprint density at radius 1 is 1.27 bits per heavy atom. The summed E-state index contributed by atoms with van der Waals surface area (Å²) in [5.74, 6) is 0. The van der Waals surface area contributed by atoms with Gasteiger partial charge < -0.3 is 10.5 Å². The van der Waals surface area contributed by atoms with Crippen molar-refractivity contribution in [2.45, 2.75) is 37.8 Å². The zero-order chi connectivity index (χ0) is 15.2. The van der Waals surface area contributed by atoms with Gasteiger partial charge in [0.2, 0.25) is 0 Å². The van der Waals surface area contributed by atoms with Crippen LogP contribution in [-0.4, -0.2) is 27.6 Å². The Kier molecular flexibility index (Phi) is 2.89. The van der Waals surface area contributed by atoms with Gasteiger partial charge in [0, 0.05) is 24.4 Å². The Bertz CT molecular complexity index is 744.